The minimum absolute atomic E-state index is 0.0511. The lowest BCUT2D eigenvalue weighted by Gasteiger charge is -2.49. The van der Waals surface area contributed by atoms with E-state index in [1.807, 2.05) is 36.4 Å². The van der Waals surface area contributed by atoms with Crippen LogP contribution >= 0.6 is 0 Å². The third-order valence-corrected chi connectivity index (χ3v) is 5.90. The van der Waals surface area contributed by atoms with Crippen LogP contribution in [0.5, 0.6) is 0 Å². The summed E-state index contributed by atoms with van der Waals surface area (Å²) >= 11 is 0. The second-order valence-electron chi connectivity index (χ2n) is 7.66. The molecule has 142 valence electrons. The van der Waals surface area contributed by atoms with E-state index >= 15 is 0 Å². The molecule has 2 bridgehead atoms. The predicted molar refractivity (Wildman–Crippen MR) is 106 cm³/mol. The van der Waals surface area contributed by atoms with Gasteiger partial charge in [-0.15, -0.1) is 0 Å². The number of hydrogen-bond acceptors (Lipinski definition) is 3. The first-order chi connectivity index (χ1) is 13.0. The van der Waals surface area contributed by atoms with Crippen LogP contribution in [0.2, 0.25) is 0 Å². The van der Waals surface area contributed by atoms with Crippen LogP contribution in [0.4, 0.5) is 5.69 Å². The van der Waals surface area contributed by atoms with Crippen LogP contribution in [0.1, 0.15) is 37.2 Å². The summed E-state index contributed by atoms with van der Waals surface area (Å²) in [6.45, 7) is 5.99. The number of carbonyl (C=O) groups excluding carboxylic acids is 2. The molecule has 3 aliphatic rings. The van der Waals surface area contributed by atoms with Gasteiger partial charge in [0.2, 0.25) is 5.91 Å². The van der Waals surface area contributed by atoms with Crippen LogP contribution in [-0.4, -0.2) is 46.9 Å². The molecule has 3 fully saturated rings. The third-order valence-electron chi connectivity index (χ3n) is 5.90. The second-order valence-corrected chi connectivity index (χ2v) is 7.66. The molecule has 0 spiro atoms. The quantitative estimate of drug-likeness (QED) is 0.779. The number of benzene rings is 1. The number of H-pyrrole nitrogens is 1. The second kappa shape index (κ2) is 7.19. The molecule has 6 heteroatoms. The van der Waals surface area contributed by atoms with Crippen molar-refractivity contribution in [2.45, 2.75) is 38.8 Å². The molecule has 2 aromatic rings. The SMILES string of the molecule is CC(=O)Nc1cccc(-c2ccc(C(=O)N[C@@H]3C4CCN(CC4)[C@@H]3C)[nH]2)c1. The maximum Gasteiger partial charge on any atom is 0.267 e. The Labute approximate surface area is 159 Å². The number of fused-ring (bicyclic) bond motifs is 3. The van der Waals surface area contributed by atoms with Crippen molar-refractivity contribution in [2.75, 3.05) is 18.4 Å². The Morgan fingerprint density at radius 1 is 1.15 bits per heavy atom. The van der Waals surface area contributed by atoms with Gasteiger partial charge in [0.1, 0.15) is 5.69 Å². The predicted octanol–water partition coefficient (Wildman–Crippen LogP) is 2.85. The van der Waals surface area contributed by atoms with E-state index in [9.17, 15) is 9.59 Å². The van der Waals surface area contributed by atoms with E-state index in [1.165, 1.54) is 19.8 Å². The maximum atomic E-state index is 12.8. The minimum atomic E-state index is -0.106. The van der Waals surface area contributed by atoms with Crippen LogP contribution < -0.4 is 10.6 Å². The molecule has 0 radical (unpaired) electrons. The lowest BCUT2D eigenvalue weighted by Crippen LogP contribution is -2.62. The Morgan fingerprint density at radius 2 is 1.93 bits per heavy atom. The van der Waals surface area contributed by atoms with E-state index < -0.39 is 0 Å². The van der Waals surface area contributed by atoms with E-state index in [4.69, 9.17) is 0 Å². The van der Waals surface area contributed by atoms with Crippen molar-refractivity contribution in [3.05, 3.63) is 42.1 Å². The highest BCUT2D eigenvalue weighted by Gasteiger charge is 2.40. The molecule has 3 aliphatic heterocycles. The molecule has 0 unspecified atom stereocenters. The Balaban J connectivity index is 1.48. The van der Waals surface area contributed by atoms with Crippen LogP contribution in [0.3, 0.4) is 0 Å². The lowest BCUT2D eigenvalue weighted by molar-refractivity contribution is -0.114. The largest absolute Gasteiger partial charge is 0.351 e. The van der Waals surface area contributed by atoms with Gasteiger partial charge in [0.25, 0.3) is 5.91 Å². The van der Waals surface area contributed by atoms with E-state index in [0.29, 0.717) is 17.7 Å². The minimum Gasteiger partial charge on any atom is -0.351 e. The number of hydrogen-bond donors (Lipinski definition) is 3. The third kappa shape index (κ3) is 3.62. The van der Waals surface area contributed by atoms with Crippen LogP contribution in [0.25, 0.3) is 11.3 Å². The standard InChI is InChI=1S/C21H26N4O2/c1-13-20(15-8-10-25(13)11-9-15)24-21(27)19-7-6-18(23-19)16-4-3-5-17(12-16)22-14(2)26/h3-7,12-13,15,20,23H,8-11H2,1-2H3,(H,22,26)(H,24,27)/t13-,20+/m1/s1. The normalized spacial score (nSPS) is 26.6. The van der Waals surface area contributed by atoms with Crippen LogP contribution in [-0.2, 0) is 4.79 Å². The van der Waals surface area contributed by atoms with E-state index in [1.54, 1.807) is 0 Å². The van der Waals surface area contributed by atoms with Gasteiger partial charge in [-0.1, -0.05) is 12.1 Å². The van der Waals surface area contributed by atoms with Crippen LogP contribution in [0.15, 0.2) is 36.4 Å². The summed E-state index contributed by atoms with van der Waals surface area (Å²) in [5.74, 6) is 0.424. The monoisotopic (exact) mass is 366 g/mol. The number of aromatic nitrogens is 1. The Hall–Kier alpha value is -2.60. The van der Waals surface area contributed by atoms with E-state index in [0.717, 1.165) is 30.0 Å². The summed E-state index contributed by atoms with van der Waals surface area (Å²) in [7, 11) is 0. The number of anilines is 1. The molecular weight excluding hydrogens is 340 g/mol. The van der Waals surface area contributed by atoms with Gasteiger partial charge in [0.05, 0.1) is 0 Å². The van der Waals surface area contributed by atoms with Gasteiger partial charge in [-0.3, -0.25) is 14.5 Å². The van der Waals surface area contributed by atoms with E-state index in [-0.39, 0.29) is 17.9 Å². The zero-order chi connectivity index (χ0) is 19.0. The van der Waals surface area contributed by atoms with Crippen LogP contribution in [0, 0.1) is 5.92 Å². The zero-order valence-corrected chi connectivity index (χ0v) is 15.8. The highest BCUT2D eigenvalue weighted by atomic mass is 16.2. The summed E-state index contributed by atoms with van der Waals surface area (Å²) < 4.78 is 0. The first kappa shape index (κ1) is 17.8. The molecular formula is C21H26N4O2. The molecule has 3 saturated heterocycles. The topological polar surface area (TPSA) is 77.2 Å². The molecule has 1 aromatic heterocycles. The molecule has 4 heterocycles. The summed E-state index contributed by atoms with van der Waals surface area (Å²) in [4.78, 5) is 29.7. The molecule has 3 N–H and O–H groups in total. The molecule has 0 saturated carbocycles. The highest BCUT2D eigenvalue weighted by molar-refractivity contribution is 5.94. The van der Waals surface area contributed by atoms with Crippen molar-refractivity contribution in [1.82, 2.24) is 15.2 Å². The molecule has 1 aromatic carbocycles. The van der Waals surface area contributed by atoms with Crippen molar-refractivity contribution in [2.24, 2.45) is 5.92 Å². The number of carbonyl (C=O) groups is 2. The summed E-state index contributed by atoms with van der Waals surface area (Å²) in [6, 6.07) is 11.9. The Kier molecular flexibility index (Phi) is 4.74. The fourth-order valence-corrected chi connectivity index (χ4v) is 4.44. The number of aromatic amines is 1. The van der Waals surface area contributed by atoms with Crippen molar-refractivity contribution in [3.8, 4) is 11.3 Å². The number of nitrogens with zero attached hydrogens (tertiary/aromatic N) is 1. The van der Waals surface area contributed by atoms with Crippen molar-refractivity contribution >= 4 is 17.5 Å². The van der Waals surface area contributed by atoms with Crippen molar-refractivity contribution in [3.63, 3.8) is 0 Å². The molecule has 6 nitrogen and oxygen atoms in total. The van der Waals surface area contributed by atoms with E-state index in [2.05, 4.69) is 27.4 Å². The Bertz CT molecular complexity index is 849. The molecule has 2 atom stereocenters. The number of amides is 2. The fourth-order valence-electron chi connectivity index (χ4n) is 4.44. The number of nitrogens with one attached hydrogen (secondary N) is 3. The van der Waals surface area contributed by atoms with Gasteiger partial charge in [0, 0.05) is 30.4 Å². The average molecular weight is 366 g/mol. The highest BCUT2D eigenvalue weighted by Crippen LogP contribution is 2.32. The molecule has 0 aliphatic carbocycles. The van der Waals surface area contributed by atoms with Gasteiger partial charge in [-0.2, -0.15) is 0 Å². The summed E-state index contributed by atoms with van der Waals surface area (Å²) in [5.41, 5.74) is 3.09. The van der Waals surface area contributed by atoms with Gasteiger partial charge in [-0.05, 0) is 68.6 Å². The first-order valence-electron chi connectivity index (χ1n) is 9.63. The van der Waals surface area contributed by atoms with Crippen molar-refractivity contribution < 1.29 is 9.59 Å². The van der Waals surface area contributed by atoms with Gasteiger partial charge in [0.15, 0.2) is 0 Å². The smallest absolute Gasteiger partial charge is 0.267 e. The molecule has 27 heavy (non-hydrogen) atoms. The zero-order valence-electron chi connectivity index (χ0n) is 15.8. The molecule has 5 rings (SSSR count). The van der Waals surface area contributed by atoms with Gasteiger partial charge >= 0.3 is 0 Å². The average Bonchev–Trinajstić information content (AvgIpc) is 3.15. The Morgan fingerprint density at radius 3 is 2.63 bits per heavy atom. The fraction of sp³-hybridized carbons (Fsp3) is 0.429. The first-order valence-corrected chi connectivity index (χ1v) is 9.63. The maximum absolute atomic E-state index is 12.8. The summed E-state index contributed by atoms with van der Waals surface area (Å²) in [5, 5.41) is 6.03. The summed E-state index contributed by atoms with van der Waals surface area (Å²) in [6.07, 6.45) is 2.34. The van der Waals surface area contributed by atoms with Crippen molar-refractivity contribution in [1.29, 1.82) is 0 Å². The number of piperidine rings is 3. The van der Waals surface area contributed by atoms with Gasteiger partial charge < -0.3 is 15.6 Å². The van der Waals surface area contributed by atoms with Gasteiger partial charge in [-0.25, -0.2) is 0 Å². The lowest BCUT2D eigenvalue weighted by atomic mass is 9.79. The molecule has 2 amide bonds. The number of rotatable bonds is 4.